The molecular weight excluding hydrogens is 418 g/mol. The topological polar surface area (TPSA) is 98.7 Å². The van der Waals surface area contributed by atoms with Gasteiger partial charge in [-0.05, 0) is 43.0 Å². The molecule has 0 bridgehead atoms. The van der Waals surface area contributed by atoms with Gasteiger partial charge < -0.3 is 20.2 Å². The Morgan fingerprint density at radius 1 is 1.00 bits per heavy atom. The number of ketones is 1. The van der Waals surface area contributed by atoms with Crippen LogP contribution in [-0.4, -0.2) is 57.5 Å². The Morgan fingerprint density at radius 2 is 1.79 bits per heavy atom. The van der Waals surface area contributed by atoms with Crippen LogP contribution in [0.3, 0.4) is 0 Å². The first-order valence-electron chi connectivity index (χ1n) is 11.1. The monoisotopic (exact) mass is 443 g/mol. The van der Waals surface area contributed by atoms with E-state index < -0.39 is 0 Å². The van der Waals surface area contributed by atoms with Crippen LogP contribution in [0.2, 0.25) is 0 Å². The maximum absolute atomic E-state index is 12.8. The van der Waals surface area contributed by atoms with E-state index in [-0.39, 0.29) is 23.6 Å². The number of rotatable bonds is 4. The van der Waals surface area contributed by atoms with Crippen molar-refractivity contribution in [2.45, 2.75) is 25.3 Å². The number of nitrogens with one attached hydrogen (secondary N) is 1. The third kappa shape index (κ3) is 4.37. The van der Waals surface area contributed by atoms with E-state index in [4.69, 9.17) is 0 Å². The Kier molecular flexibility index (Phi) is 5.64. The van der Waals surface area contributed by atoms with Crippen molar-refractivity contribution in [1.82, 2.24) is 14.9 Å². The lowest BCUT2D eigenvalue weighted by atomic mass is 10.0. The maximum Gasteiger partial charge on any atom is 0.322 e. The number of urea groups is 1. The summed E-state index contributed by atoms with van der Waals surface area (Å²) in [6.45, 7) is 2.08. The quantitative estimate of drug-likeness (QED) is 0.473. The molecule has 8 nitrogen and oxygen atoms in total. The van der Waals surface area contributed by atoms with Crippen molar-refractivity contribution >= 4 is 23.3 Å². The molecule has 2 aliphatic heterocycles. The Morgan fingerprint density at radius 3 is 2.58 bits per heavy atom. The van der Waals surface area contributed by atoms with Gasteiger partial charge in [0.05, 0.1) is 0 Å². The highest BCUT2D eigenvalue weighted by molar-refractivity contribution is 6.07. The van der Waals surface area contributed by atoms with Gasteiger partial charge in [-0.1, -0.05) is 30.3 Å². The van der Waals surface area contributed by atoms with Crippen molar-refractivity contribution < 1.29 is 14.7 Å². The van der Waals surface area contributed by atoms with Crippen LogP contribution >= 0.6 is 0 Å². The molecule has 33 heavy (non-hydrogen) atoms. The molecule has 0 aliphatic carbocycles. The Hall–Kier alpha value is -3.94. The van der Waals surface area contributed by atoms with E-state index in [0.717, 1.165) is 43.0 Å². The number of carbonyl (C=O) groups is 2. The molecule has 1 aromatic heterocycles. The Labute approximate surface area is 191 Å². The Balaban J connectivity index is 1.24. The minimum atomic E-state index is -0.124. The molecule has 0 atom stereocenters. The Bertz CT molecular complexity index is 1180. The summed E-state index contributed by atoms with van der Waals surface area (Å²) in [6, 6.07) is 15.9. The molecule has 0 spiro atoms. The molecular formula is C25H25N5O3. The molecule has 2 aliphatic rings. The number of anilines is 2. The highest BCUT2D eigenvalue weighted by Crippen LogP contribution is 2.28. The fraction of sp³-hybridized carbons (Fsp3) is 0.280. The third-order valence-electron chi connectivity index (χ3n) is 6.36. The van der Waals surface area contributed by atoms with Crippen LogP contribution in [-0.2, 0) is 6.42 Å². The highest BCUT2D eigenvalue weighted by atomic mass is 16.3. The van der Waals surface area contributed by atoms with Gasteiger partial charge in [-0.25, -0.2) is 14.8 Å². The zero-order valence-corrected chi connectivity index (χ0v) is 18.1. The van der Waals surface area contributed by atoms with Crippen molar-refractivity contribution in [2.75, 3.05) is 29.9 Å². The molecule has 3 heterocycles. The molecule has 3 aromatic rings. The highest BCUT2D eigenvalue weighted by Gasteiger charge is 2.30. The molecule has 2 amide bonds. The average molecular weight is 444 g/mol. The smallest absolute Gasteiger partial charge is 0.322 e. The summed E-state index contributed by atoms with van der Waals surface area (Å²) in [5, 5.41) is 12.7. The average Bonchev–Trinajstić information content (AvgIpc) is 3.02. The summed E-state index contributed by atoms with van der Waals surface area (Å²) in [6.07, 6.45) is 3.74. The molecule has 1 fully saturated rings. The van der Waals surface area contributed by atoms with Crippen LogP contribution in [0.5, 0.6) is 5.75 Å². The molecule has 8 heteroatoms. The van der Waals surface area contributed by atoms with E-state index >= 15 is 0 Å². The normalized spacial score (nSPS) is 16.7. The van der Waals surface area contributed by atoms with Crippen LogP contribution in [0.15, 0.2) is 60.9 Å². The predicted octanol–water partition coefficient (Wildman–Crippen LogP) is 3.47. The zero-order valence-electron chi connectivity index (χ0n) is 18.1. The minimum Gasteiger partial charge on any atom is -0.508 e. The fourth-order valence-electron chi connectivity index (χ4n) is 4.57. The first kappa shape index (κ1) is 20.9. The first-order chi connectivity index (χ1) is 16.1. The SMILES string of the molecule is O=C(c1ccccc1)c1cc(N2CCC(N3CCc4cc(O)ccc4NC3=O)CC2)ncn1. The zero-order chi connectivity index (χ0) is 22.8. The molecule has 0 radical (unpaired) electrons. The number of phenols is 1. The van der Waals surface area contributed by atoms with Crippen LogP contribution in [0, 0.1) is 0 Å². The van der Waals surface area contributed by atoms with Crippen molar-refractivity contribution in [1.29, 1.82) is 0 Å². The van der Waals surface area contributed by atoms with Crippen molar-refractivity contribution in [3.8, 4) is 5.75 Å². The molecule has 2 aromatic carbocycles. The number of fused-ring (bicyclic) bond motifs is 1. The number of aromatic nitrogens is 2. The van der Waals surface area contributed by atoms with Gasteiger partial charge in [0.15, 0.2) is 0 Å². The van der Waals surface area contributed by atoms with Gasteiger partial charge in [0.2, 0.25) is 5.78 Å². The van der Waals surface area contributed by atoms with E-state index in [0.29, 0.717) is 24.2 Å². The van der Waals surface area contributed by atoms with Gasteiger partial charge in [0, 0.05) is 43.0 Å². The summed E-state index contributed by atoms with van der Waals surface area (Å²) in [5.41, 5.74) is 2.68. The summed E-state index contributed by atoms with van der Waals surface area (Å²) < 4.78 is 0. The number of nitrogens with zero attached hydrogens (tertiary/aromatic N) is 4. The molecule has 0 unspecified atom stereocenters. The number of hydrogen-bond donors (Lipinski definition) is 2. The third-order valence-corrected chi connectivity index (χ3v) is 6.36. The van der Waals surface area contributed by atoms with Crippen LogP contribution < -0.4 is 10.2 Å². The van der Waals surface area contributed by atoms with Crippen molar-refractivity contribution in [3.05, 3.63) is 77.7 Å². The van der Waals surface area contributed by atoms with E-state index in [1.807, 2.05) is 23.1 Å². The number of amides is 2. The second kappa shape index (κ2) is 8.90. The fourth-order valence-corrected chi connectivity index (χ4v) is 4.57. The summed E-state index contributed by atoms with van der Waals surface area (Å²) in [7, 11) is 0. The largest absolute Gasteiger partial charge is 0.508 e. The van der Waals surface area contributed by atoms with Gasteiger partial charge >= 0.3 is 6.03 Å². The van der Waals surface area contributed by atoms with Crippen LogP contribution in [0.1, 0.15) is 34.5 Å². The molecule has 5 rings (SSSR count). The van der Waals surface area contributed by atoms with E-state index in [1.54, 1.807) is 36.4 Å². The standard InChI is InChI=1S/C25H25N5O3/c31-20-6-7-21-18(14-20)8-13-30(25(33)28-21)19-9-11-29(12-10-19)23-15-22(26-16-27-23)24(32)17-4-2-1-3-5-17/h1-7,14-16,19,31H,8-13H2,(H,28,33). The van der Waals surface area contributed by atoms with Gasteiger partial charge in [-0.15, -0.1) is 0 Å². The van der Waals surface area contributed by atoms with Gasteiger partial charge in [0.25, 0.3) is 0 Å². The van der Waals surface area contributed by atoms with E-state index in [1.165, 1.54) is 6.33 Å². The maximum atomic E-state index is 12.8. The van der Waals surface area contributed by atoms with Crippen molar-refractivity contribution in [2.24, 2.45) is 0 Å². The number of piperidine rings is 1. The van der Waals surface area contributed by atoms with Gasteiger partial charge in [-0.3, -0.25) is 4.79 Å². The molecule has 2 N–H and O–H groups in total. The lowest BCUT2D eigenvalue weighted by molar-refractivity contribution is 0.103. The minimum absolute atomic E-state index is 0.101. The number of benzene rings is 2. The second-order valence-corrected chi connectivity index (χ2v) is 8.39. The summed E-state index contributed by atoms with van der Waals surface area (Å²) in [4.78, 5) is 38.2. The predicted molar refractivity (Wildman–Crippen MR) is 125 cm³/mol. The molecule has 1 saturated heterocycles. The number of carbonyl (C=O) groups excluding carboxylic acids is 2. The number of hydrogen-bond acceptors (Lipinski definition) is 6. The van der Waals surface area contributed by atoms with Crippen molar-refractivity contribution in [3.63, 3.8) is 0 Å². The van der Waals surface area contributed by atoms with Crippen LogP contribution in [0.25, 0.3) is 0 Å². The molecule has 168 valence electrons. The van der Waals surface area contributed by atoms with E-state index in [2.05, 4.69) is 20.2 Å². The van der Waals surface area contributed by atoms with E-state index in [9.17, 15) is 14.7 Å². The lowest BCUT2D eigenvalue weighted by Gasteiger charge is -2.38. The summed E-state index contributed by atoms with van der Waals surface area (Å²) >= 11 is 0. The molecule has 0 saturated carbocycles. The van der Waals surface area contributed by atoms with Gasteiger partial charge in [-0.2, -0.15) is 0 Å². The van der Waals surface area contributed by atoms with Gasteiger partial charge in [0.1, 0.15) is 23.6 Å². The number of phenolic OH excluding ortho intramolecular Hbond substituents is 1. The number of aromatic hydroxyl groups is 1. The lowest BCUT2D eigenvalue weighted by Crippen LogP contribution is -2.49. The first-order valence-corrected chi connectivity index (χ1v) is 11.1. The summed E-state index contributed by atoms with van der Waals surface area (Å²) in [5.74, 6) is 0.812. The van der Waals surface area contributed by atoms with Crippen LogP contribution in [0.4, 0.5) is 16.3 Å². The second-order valence-electron chi connectivity index (χ2n) is 8.39.